The topological polar surface area (TPSA) is 12.5 Å². The highest BCUT2D eigenvalue weighted by Gasteiger charge is 2.36. The Balaban J connectivity index is 1.95. The predicted molar refractivity (Wildman–Crippen MR) is 134 cm³/mol. The van der Waals surface area contributed by atoms with Crippen LogP contribution in [0.4, 0.5) is 11.4 Å². The second-order valence-electron chi connectivity index (χ2n) is 8.47. The molecule has 10 radical (unpaired) electrons. The number of hydrogen-bond donors (Lipinski definition) is 0. The largest absolute Gasteiger partial charge is 0.500 e. The minimum atomic E-state index is 0.00465. The van der Waals surface area contributed by atoms with Crippen molar-refractivity contribution in [1.82, 2.24) is 0 Å². The van der Waals surface area contributed by atoms with Crippen molar-refractivity contribution in [3.63, 3.8) is 0 Å². The van der Waals surface area contributed by atoms with Gasteiger partial charge in [-0.2, -0.15) is 0 Å². The molecule has 6 heteroatoms. The van der Waals surface area contributed by atoms with Gasteiger partial charge < -0.3 is 18.8 Å². The summed E-state index contributed by atoms with van der Waals surface area (Å²) in [6.45, 7) is 0.00929. The molecule has 0 aromatic heterocycles. The summed E-state index contributed by atoms with van der Waals surface area (Å²) in [7, 11) is 8.57. The Labute approximate surface area is 195 Å². The molecular formula is C26H30B2N4. The van der Waals surface area contributed by atoms with Crippen LogP contribution in [0.1, 0.15) is 0 Å². The molecule has 0 N–H and O–H groups in total. The molecule has 0 atom stereocenters. The third-order valence-electron chi connectivity index (χ3n) is 5.69. The number of nitrogens with zero attached hydrogens (tertiary/aromatic N) is 4. The minimum Gasteiger partial charge on any atom is -0.500 e. The van der Waals surface area contributed by atoms with E-state index >= 15 is 0 Å². The summed E-state index contributed by atoms with van der Waals surface area (Å²) in [5.41, 5.74) is 2.27. The van der Waals surface area contributed by atoms with Gasteiger partial charge in [0.1, 0.15) is 11.4 Å². The normalized spacial score (nSPS) is 16.8. The zero-order valence-corrected chi connectivity index (χ0v) is 19.3. The highest BCUT2D eigenvalue weighted by Crippen LogP contribution is 2.33. The van der Waals surface area contributed by atoms with Gasteiger partial charge in [-0.1, -0.05) is 73.7 Å². The molecule has 0 heterocycles. The summed E-state index contributed by atoms with van der Waals surface area (Å²) in [5, 5.41) is 0. The van der Waals surface area contributed by atoms with E-state index < -0.39 is 0 Å². The van der Waals surface area contributed by atoms with Crippen LogP contribution in [-0.4, -0.2) is 50.4 Å². The van der Waals surface area contributed by atoms with Gasteiger partial charge in [0, 0.05) is 28.2 Å². The first kappa shape index (κ1) is 22.9. The third-order valence-corrected chi connectivity index (χ3v) is 5.69. The molecule has 4 nitrogen and oxygen atoms in total. The molecular weight excluding hydrogens is 390 g/mol. The van der Waals surface area contributed by atoms with E-state index in [1.165, 1.54) is 11.6 Å². The Morgan fingerprint density at radius 2 is 0.812 bits per heavy atom. The van der Waals surface area contributed by atoms with Crippen LogP contribution in [0.2, 0.25) is 0 Å². The van der Waals surface area contributed by atoms with E-state index in [4.69, 9.17) is 0 Å². The monoisotopic (exact) mass is 420 g/mol. The lowest BCUT2D eigenvalue weighted by molar-refractivity contribution is -0.455. The molecule has 2 aromatic carbocycles. The van der Waals surface area contributed by atoms with Crippen LogP contribution in [0.5, 0.6) is 0 Å². The highest BCUT2D eigenvalue weighted by atomic mass is 15.6. The molecule has 2 aliphatic rings. The van der Waals surface area contributed by atoms with Crippen LogP contribution < -0.4 is 9.84 Å². The molecule has 0 amide bonds. The number of para-hydroxylation sites is 2. The van der Waals surface area contributed by atoms with Crippen LogP contribution in [0.15, 0.2) is 60.7 Å². The number of hydrazine groups is 1. The quantitative estimate of drug-likeness (QED) is 0.499. The summed E-state index contributed by atoms with van der Waals surface area (Å²) in [6.07, 6.45) is 17.3. The molecule has 2 aliphatic carbocycles. The first-order valence-electron chi connectivity index (χ1n) is 11.0. The van der Waals surface area contributed by atoms with Gasteiger partial charge >= 0.3 is 13.3 Å². The van der Waals surface area contributed by atoms with Gasteiger partial charge in [-0.3, -0.25) is 0 Å². The number of rotatable bonds is 7. The average Bonchev–Trinajstić information content (AvgIpc) is 3.51. The Morgan fingerprint density at radius 3 is 1.09 bits per heavy atom. The maximum absolute atomic E-state index is 2.42. The summed E-state index contributed by atoms with van der Waals surface area (Å²) >= 11 is 0. The zero-order chi connectivity index (χ0) is 22.5. The molecule has 32 heavy (non-hydrogen) atoms. The standard InChI is InChI=1S/C26H30B2N4/c1-29(2)27(23-15-11-12-16-23)31(25-19-7-5-8-20-25)32(26-21-9-6-10-22-26)28(30(3)4)24-17-13-14-18-24/h5-22H,1-4H3. The maximum atomic E-state index is 2.42. The molecule has 160 valence electrons. The van der Waals surface area contributed by atoms with Crippen molar-refractivity contribution in [3.8, 4) is 0 Å². The van der Waals surface area contributed by atoms with Gasteiger partial charge in [-0.05, 0) is 49.9 Å². The smallest absolute Gasteiger partial charge is 0.321 e. The average molecular weight is 420 g/mol. The minimum absolute atomic E-state index is 0.00465. The fraction of sp³-hybridized carbons (Fsp3) is 0.154. The van der Waals surface area contributed by atoms with Crippen molar-refractivity contribution in [2.24, 2.45) is 0 Å². The number of anilines is 2. The summed E-state index contributed by atoms with van der Waals surface area (Å²) in [4.78, 5) is 4.84. The summed E-state index contributed by atoms with van der Waals surface area (Å²) in [5.74, 6) is 2.50. The van der Waals surface area contributed by atoms with Crippen LogP contribution in [0, 0.1) is 63.0 Å². The lowest BCUT2D eigenvalue weighted by Crippen LogP contribution is -2.60. The maximum Gasteiger partial charge on any atom is 0.321 e. The van der Waals surface area contributed by atoms with Crippen molar-refractivity contribution in [2.45, 2.75) is 0 Å². The number of benzene rings is 2. The summed E-state index contributed by atoms with van der Waals surface area (Å²) in [6, 6.07) is 21.3. The second kappa shape index (κ2) is 10.6. The van der Waals surface area contributed by atoms with E-state index in [9.17, 15) is 0 Å². The molecule has 4 rings (SSSR count). The second-order valence-corrected chi connectivity index (χ2v) is 8.47. The van der Waals surface area contributed by atoms with E-state index in [1.54, 1.807) is 0 Å². The molecule has 0 saturated heterocycles. The van der Waals surface area contributed by atoms with Gasteiger partial charge in [0.2, 0.25) is 0 Å². The van der Waals surface area contributed by atoms with E-state index in [2.05, 4.69) is 159 Å². The van der Waals surface area contributed by atoms with Crippen molar-refractivity contribution in [3.05, 3.63) is 124 Å². The van der Waals surface area contributed by atoms with E-state index in [0.29, 0.717) is 0 Å². The lowest BCUT2D eigenvalue weighted by Gasteiger charge is -2.46. The van der Waals surface area contributed by atoms with Gasteiger partial charge in [0.05, 0.1) is 0 Å². The van der Waals surface area contributed by atoms with E-state index in [-0.39, 0.29) is 13.3 Å². The van der Waals surface area contributed by atoms with Gasteiger partial charge in [-0.25, -0.2) is 0 Å². The van der Waals surface area contributed by atoms with Crippen molar-refractivity contribution in [1.29, 1.82) is 0 Å². The molecule has 0 aliphatic heterocycles. The van der Waals surface area contributed by atoms with Crippen molar-refractivity contribution < 1.29 is 8.96 Å². The van der Waals surface area contributed by atoms with Crippen molar-refractivity contribution in [2.75, 3.05) is 38.0 Å². The molecule has 2 saturated carbocycles. The van der Waals surface area contributed by atoms with Crippen LogP contribution in [0.25, 0.3) is 0 Å². The Bertz CT molecular complexity index is 859. The molecule has 2 fully saturated rings. The molecule has 0 bridgehead atoms. The van der Waals surface area contributed by atoms with E-state index in [0.717, 1.165) is 11.4 Å². The predicted octanol–water partition coefficient (Wildman–Crippen LogP) is 3.86. The highest BCUT2D eigenvalue weighted by molar-refractivity contribution is 6.64. The van der Waals surface area contributed by atoms with Gasteiger partial charge in [-0.15, -0.1) is 0 Å². The number of hydrogen-bond acceptors (Lipinski definition) is 0. The molecule has 0 unspecified atom stereocenters. The SMILES string of the molecule is C[N+](C)=[B-]([C]1[CH][CH][CH][CH]1)N(c1ccccc1)N([B-]([C]1[CH][CH][CH][CH]1)=[N+](C)C)c1ccccc1. The van der Waals surface area contributed by atoms with E-state index in [1.807, 2.05) is 0 Å². The van der Waals surface area contributed by atoms with Crippen LogP contribution >= 0.6 is 0 Å². The lowest BCUT2D eigenvalue weighted by atomic mass is 9.62. The van der Waals surface area contributed by atoms with Crippen LogP contribution in [0.3, 0.4) is 0 Å². The fourth-order valence-corrected chi connectivity index (χ4v) is 4.37. The summed E-state index contributed by atoms with van der Waals surface area (Å²) < 4.78 is 4.55. The van der Waals surface area contributed by atoms with Gasteiger partial charge in [0.15, 0.2) is 0 Å². The van der Waals surface area contributed by atoms with Crippen molar-refractivity contribution >= 4 is 24.7 Å². The Kier molecular flexibility index (Phi) is 7.59. The zero-order valence-electron chi connectivity index (χ0n) is 19.3. The first-order chi connectivity index (χ1) is 15.6. The first-order valence-corrected chi connectivity index (χ1v) is 11.0. The van der Waals surface area contributed by atoms with Gasteiger partial charge in [0.25, 0.3) is 0 Å². The molecule has 0 spiro atoms. The third kappa shape index (κ3) is 4.89. The fourth-order valence-electron chi connectivity index (χ4n) is 4.37. The Morgan fingerprint density at radius 1 is 0.500 bits per heavy atom. The Hall–Kier alpha value is -2.23. The van der Waals surface area contributed by atoms with Crippen LogP contribution in [-0.2, 0) is 0 Å². The molecule has 2 aromatic rings.